The van der Waals surface area contributed by atoms with Gasteiger partial charge in [-0.3, -0.25) is 9.59 Å². The second kappa shape index (κ2) is 10.1. The lowest BCUT2D eigenvalue weighted by Crippen LogP contribution is -3.16. The van der Waals surface area contributed by atoms with Crippen LogP contribution in [0.2, 0.25) is 5.02 Å². The highest BCUT2D eigenvalue weighted by atomic mass is 35.5. The molecule has 34 heavy (non-hydrogen) atoms. The van der Waals surface area contributed by atoms with Crippen LogP contribution in [-0.4, -0.2) is 56.0 Å². The highest BCUT2D eigenvalue weighted by Gasteiger charge is 2.32. The summed E-state index contributed by atoms with van der Waals surface area (Å²) in [4.78, 5) is 33.3. The van der Waals surface area contributed by atoms with E-state index < -0.39 is 0 Å². The van der Waals surface area contributed by atoms with Crippen molar-refractivity contribution in [2.75, 3.05) is 38.1 Å². The van der Waals surface area contributed by atoms with E-state index in [-0.39, 0.29) is 11.8 Å². The van der Waals surface area contributed by atoms with E-state index in [1.54, 1.807) is 16.8 Å². The van der Waals surface area contributed by atoms with Crippen molar-refractivity contribution in [2.45, 2.75) is 43.0 Å². The molecule has 0 radical (unpaired) electrons. The van der Waals surface area contributed by atoms with Gasteiger partial charge in [-0.1, -0.05) is 41.6 Å². The first-order valence-corrected chi connectivity index (χ1v) is 13.4. The molecule has 3 aliphatic heterocycles. The van der Waals surface area contributed by atoms with Gasteiger partial charge in [0.25, 0.3) is 11.8 Å². The molecule has 5 nitrogen and oxygen atoms in total. The third-order valence-corrected chi connectivity index (χ3v) is 8.77. The number of carbonyl (C=O) groups excluding carboxylic acids is 2. The van der Waals surface area contributed by atoms with E-state index >= 15 is 0 Å². The highest BCUT2D eigenvalue weighted by molar-refractivity contribution is 8.04. The quantitative estimate of drug-likeness (QED) is 0.650. The Kier molecular flexibility index (Phi) is 7.00. The van der Waals surface area contributed by atoms with Crippen LogP contribution in [0.25, 0.3) is 6.08 Å². The molecule has 2 saturated heterocycles. The van der Waals surface area contributed by atoms with Crippen molar-refractivity contribution >= 4 is 46.9 Å². The maximum Gasteiger partial charge on any atom is 0.264 e. The SMILES string of the molecule is CN1C(=O)C(=Cc2ccccc2Cl)Sc2ccc(C(=O)N3CCC([NH+]4CCCCC4)CC3)cc21. The molecular weight excluding hydrogens is 466 g/mol. The first kappa shape index (κ1) is 23.5. The van der Waals surface area contributed by atoms with E-state index in [1.165, 1.54) is 44.1 Å². The molecule has 0 unspecified atom stereocenters. The zero-order chi connectivity index (χ0) is 23.7. The Morgan fingerprint density at radius 3 is 2.56 bits per heavy atom. The van der Waals surface area contributed by atoms with Crippen molar-refractivity contribution in [1.29, 1.82) is 0 Å². The lowest BCUT2D eigenvalue weighted by molar-refractivity contribution is -0.931. The number of carbonyl (C=O) groups is 2. The van der Waals surface area contributed by atoms with E-state index in [9.17, 15) is 9.59 Å². The molecule has 0 saturated carbocycles. The van der Waals surface area contributed by atoms with Crippen molar-refractivity contribution in [3.8, 4) is 0 Å². The van der Waals surface area contributed by atoms with Crippen LogP contribution in [0, 0.1) is 0 Å². The molecule has 1 N–H and O–H groups in total. The summed E-state index contributed by atoms with van der Waals surface area (Å²) in [6.07, 6.45) is 8.03. The Hall–Kier alpha value is -2.28. The molecule has 0 aromatic heterocycles. The second-order valence-electron chi connectivity index (χ2n) is 9.46. The summed E-state index contributed by atoms with van der Waals surface area (Å²) in [6.45, 7) is 4.21. The first-order chi connectivity index (χ1) is 16.5. The van der Waals surface area contributed by atoms with Crippen molar-refractivity contribution in [3.63, 3.8) is 0 Å². The van der Waals surface area contributed by atoms with Crippen LogP contribution in [0.1, 0.15) is 48.0 Å². The largest absolute Gasteiger partial charge is 0.338 e. The summed E-state index contributed by atoms with van der Waals surface area (Å²) >= 11 is 7.72. The molecule has 3 aliphatic rings. The van der Waals surface area contributed by atoms with Crippen molar-refractivity contribution in [3.05, 3.63) is 63.5 Å². The number of thioether (sulfide) groups is 1. The Morgan fingerprint density at radius 2 is 1.82 bits per heavy atom. The monoisotopic (exact) mass is 496 g/mol. The van der Waals surface area contributed by atoms with E-state index in [4.69, 9.17) is 11.6 Å². The summed E-state index contributed by atoms with van der Waals surface area (Å²) in [5.74, 6) is -0.0227. The molecule has 0 atom stereocenters. The van der Waals surface area contributed by atoms with Gasteiger partial charge in [0.1, 0.15) is 0 Å². The molecular formula is C27H31ClN3O2S+. The summed E-state index contributed by atoms with van der Waals surface area (Å²) in [5, 5.41) is 0.614. The topological polar surface area (TPSA) is 45.1 Å². The molecule has 2 aromatic rings. The Morgan fingerprint density at radius 1 is 1.09 bits per heavy atom. The minimum Gasteiger partial charge on any atom is -0.338 e. The molecule has 3 heterocycles. The zero-order valence-electron chi connectivity index (χ0n) is 19.6. The minimum absolute atomic E-state index is 0.0677. The van der Waals surface area contributed by atoms with Crippen molar-refractivity contribution in [2.24, 2.45) is 0 Å². The normalized spacial score (nSPS) is 21.1. The number of nitrogens with zero attached hydrogens (tertiary/aromatic N) is 2. The third-order valence-electron chi connectivity index (χ3n) is 7.35. The van der Waals surface area contributed by atoms with Gasteiger partial charge in [0.15, 0.2) is 0 Å². The van der Waals surface area contributed by atoms with Gasteiger partial charge in [0, 0.05) is 48.5 Å². The highest BCUT2D eigenvalue weighted by Crippen LogP contribution is 2.42. The number of nitrogens with one attached hydrogen (secondary N) is 1. The fourth-order valence-electron chi connectivity index (χ4n) is 5.35. The Bertz CT molecular complexity index is 1120. The number of hydrogen-bond donors (Lipinski definition) is 1. The second-order valence-corrected chi connectivity index (χ2v) is 11.0. The van der Waals surface area contributed by atoms with Gasteiger partial charge < -0.3 is 14.7 Å². The first-order valence-electron chi connectivity index (χ1n) is 12.2. The molecule has 2 aromatic carbocycles. The number of amides is 2. The van der Waals surface area contributed by atoms with Crippen LogP contribution in [0.3, 0.4) is 0 Å². The maximum atomic E-state index is 13.3. The predicted octanol–water partition coefficient (Wildman–Crippen LogP) is 4.12. The molecule has 2 fully saturated rings. The van der Waals surface area contributed by atoms with Gasteiger partial charge in [-0.25, -0.2) is 0 Å². The lowest BCUT2D eigenvalue weighted by Gasteiger charge is -2.38. The van der Waals surface area contributed by atoms with E-state index in [0.29, 0.717) is 21.5 Å². The number of rotatable bonds is 3. The maximum absolute atomic E-state index is 13.3. The van der Waals surface area contributed by atoms with Gasteiger partial charge >= 0.3 is 0 Å². The van der Waals surface area contributed by atoms with Gasteiger partial charge in [-0.05, 0) is 55.2 Å². The van der Waals surface area contributed by atoms with Crippen LogP contribution in [0.15, 0.2) is 52.3 Å². The molecule has 2 amide bonds. The fourth-order valence-corrected chi connectivity index (χ4v) is 6.62. The summed E-state index contributed by atoms with van der Waals surface area (Å²) < 4.78 is 0. The average molecular weight is 497 g/mol. The lowest BCUT2D eigenvalue weighted by atomic mass is 9.99. The number of hydrogen-bond acceptors (Lipinski definition) is 3. The van der Waals surface area contributed by atoms with Crippen LogP contribution >= 0.6 is 23.4 Å². The Balaban J connectivity index is 1.29. The molecule has 7 heteroatoms. The summed E-state index contributed by atoms with van der Waals surface area (Å²) in [6, 6.07) is 13.9. The van der Waals surface area contributed by atoms with E-state index in [0.717, 1.165) is 42.1 Å². The van der Waals surface area contributed by atoms with Crippen molar-refractivity contribution in [1.82, 2.24) is 4.90 Å². The number of anilines is 1. The van der Waals surface area contributed by atoms with E-state index in [2.05, 4.69) is 0 Å². The van der Waals surface area contributed by atoms with Crippen LogP contribution < -0.4 is 9.80 Å². The van der Waals surface area contributed by atoms with Gasteiger partial charge in [0.2, 0.25) is 0 Å². The smallest absolute Gasteiger partial charge is 0.264 e. The van der Waals surface area contributed by atoms with Gasteiger partial charge in [0.05, 0.1) is 29.7 Å². The van der Waals surface area contributed by atoms with Gasteiger partial charge in [-0.2, -0.15) is 0 Å². The average Bonchev–Trinajstić information content (AvgIpc) is 2.88. The summed E-state index contributed by atoms with van der Waals surface area (Å²) in [5.41, 5.74) is 2.25. The molecule has 0 aliphatic carbocycles. The van der Waals surface area contributed by atoms with Crippen molar-refractivity contribution < 1.29 is 14.5 Å². The fraction of sp³-hybridized carbons (Fsp3) is 0.407. The number of benzene rings is 2. The minimum atomic E-state index is -0.0904. The van der Waals surface area contributed by atoms with Crippen LogP contribution in [0.4, 0.5) is 5.69 Å². The standard InChI is InChI=1S/C27H30ClN3O2S/c1-29-23-17-20(26(32)31-15-11-21(12-16-31)30-13-5-2-6-14-30)9-10-24(23)34-25(27(29)33)18-19-7-3-4-8-22(19)28/h3-4,7-10,17-18,21H,2,5-6,11-16H2,1H3/p+1. The number of quaternary nitrogens is 1. The van der Waals surface area contributed by atoms with Crippen LogP contribution in [-0.2, 0) is 4.79 Å². The molecule has 0 bridgehead atoms. The number of likely N-dealkylation sites (tertiary alicyclic amines) is 2. The zero-order valence-corrected chi connectivity index (χ0v) is 21.1. The number of fused-ring (bicyclic) bond motifs is 1. The number of halogens is 1. The molecule has 178 valence electrons. The number of piperidine rings is 2. The Labute approximate surface area is 210 Å². The van der Waals surface area contributed by atoms with E-state index in [1.807, 2.05) is 53.4 Å². The number of likely N-dealkylation sites (N-methyl/N-ethyl adjacent to an activating group) is 1. The molecule has 0 spiro atoms. The predicted molar refractivity (Wildman–Crippen MR) is 139 cm³/mol. The van der Waals surface area contributed by atoms with Crippen LogP contribution in [0.5, 0.6) is 0 Å². The third kappa shape index (κ3) is 4.77. The van der Waals surface area contributed by atoms with Gasteiger partial charge in [-0.15, -0.1) is 0 Å². The summed E-state index contributed by atoms with van der Waals surface area (Å²) in [7, 11) is 1.77. The molecule has 5 rings (SSSR count).